The fraction of sp³-hybridized carbons (Fsp3) is 0.167. The summed E-state index contributed by atoms with van der Waals surface area (Å²) >= 11 is 1.64. The van der Waals surface area contributed by atoms with Crippen LogP contribution in [0.5, 0.6) is 5.75 Å². The Balaban J connectivity index is 1.67. The first-order chi connectivity index (χ1) is 12.2. The quantitative estimate of drug-likeness (QED) is 0.324. The van der Waals surface area contributed by atoms with Crippen LogP contribution in [0.1, 0.15) is 10.6 Å². The van der Waals surface area contributed by atoms with Crippen molar-refractivity contribution in [1.29, 1.82) is 5.26 Å². The highest BCUT2D eigenvalue weighted by Crippen LogP contribution is 2.25. The summed E-state index contributed by atoms with van der Waals surface area (Å²) < 4.78 is 7.02. The smallest absolute Gasteiger partial charge is 0.208 e. The molecule has 0 spiro atoms. The normalized spacial score (nSPS) is 11.2. The maximum atomic E-state index is 8.68. The van der Waals surface area contributed by atoms with E-state index in [2.05, 4.69) is 26.7 Å². The van der Waals surface area contributed by atoms with Gasteiger partial charge in [0.15, 0.2) is 6.19 Å². The molecule has 126 valence electrons. The highest BCUT2D eigenvalue weighted by atomic mass is 32.1. The van der Waals surface area contributed by atoms with Gasteiger partial charge in [-0.15, -0.1) is 11.3 Å². The predicted octanol–water partition coefficient (Wildman–Crippen LogP) is 3.65. The largest absolute Gasteiger partial charge is 0.486 e. The van der Waals surface area contributed by atoms with Crippen molar-refractivity contribution in [2.24, 2.45) is 4.99 Å². The van der Waals surface area contributed by atoms with Crippen molar-refractivity contribution in [1.82, 2.24) is 10.3 Å². The first-order valence-electron chi connectivity index (χ1n) is 7.66. The monoisotopic (exact) mass is 351 g/mol. The summed E-state index contributed by atoms with van der Waals surface area (Å²) in [4.78, 5) is 8.53. The second kappa shape index (κ2) is 7.64. The SMILES string of the molecule is CN=C(NC#N)Nc1ccc(OCc2nc3ccccc3s2)cc1C. The lowest BCUT2D eigenvalue weighted by atomic mass is 10.2. The minimum absolute atomic E-state index is 0.397. The number of guanidine groups is 1. The average Bonchev–Trinajstić information content (AvgIpc) is 3.04. The summed E-state index contributed by atoms with van der Waals surface area (Å²) in [6.07, 6.45) is 1.85. The summed E-state index contributed by atoms with van der Waals surface area (Å²) in [6, 6.07) is 13.8. The summed E-state index contributed by atoms with van der Waals surface area (Å²) in [5.74, 6) is 1.17. The molecule has 0 unspecified atom stereocenters. The van der Waals surface area contributed by atoms with Crippen LogP contribution in [0.2, 0.25) is 0 Å². The third kappa shape index (κ3) is 4.05. The van der Waals surface area contributed by atoms with Crippen LogP contribution in [0.4, 0.5) is 5.69 Å². The lowest BCUT2D eigenvalue weighted by Crippen LogP contribution is -2.26. The fourth-order valence-electron chi connectivity index (χ4n) is 2.32. The number of nitriles is 1. The van der Waals surface area contributed by atoms with Crippen molar-refractivity contribution in [3.63, 3.8) is 0 Å². The van der Waals surface area contributed by atoms with Gasteiger partial charge in [-0.05, 0) is 42.8 Å². The van der Waals surface area contributed by atoms with E-state index < -0.39 is 0 Å². The summed E-state index contributed by atoms with van der Waals surface area (Å²) in [7, 11) is 1.61. The molecule has 0 fully saturated rings. The zero-order chi connectivity index (χ0) is 17.6. The number of aromatic nitrogens is 1. The van der Waals surface area contributed by atoms with Crippen molar-refractivity contribution >= 4 is 33.2 Å². The van der Waals surface area contributed by atoms with Crippen LogP contribution in [-0.4, -0.2) is 18.0 Å². The maximum absolute atomic E-state index is 8.68. The van der Waals surface area contributed by atoms with Gasteiger partial charge in [-0.25, -0.2) is 4.98 Å². The molecule has 2 aromatic carbocycles. The standard InChI is InChI=1S/C18H17N5OS/c1-12-9-13(7-8-14(12)23-18(20-2)21-11-19)24-10-17-22-15-5-3-4-6-16(15)25-17/h3-9H,10H2,1-2H3,(H2,20,21,23). The van der Waals surface area contributed by atoms with E-state index in [1.54, 1.807) is 18.4 Å². The van der Waals surface area contributed by atoms with E-state index in [0.29, 0.717) is 12.6 Å². The van der Waals surface area contributed by atoms with Crippen molar-refractivity contribution < 1.29 is 4.74 Å². The summed E-state index contributed by atoms with van der Waals surface area (Å²) in [5, 5.41) is 15.2. The Hall–Kier alpha value is -3.11. The molecular formula is C18H17N5OS. The topological polar surface area (TPSA) is 82.3 Å². The Morgan fingerprint density at radius 3 is 2.88 bits per heavy atom. The van der Waals surface area contributed by atoms with Gasteiger partial charge >= 0.3 is 0 Å². The first kappa shape index (κ1) is 16.7. The molecule has 6 nitrogen and oxygen atoms in total. The van der Waals surface area contributed by atoms with Crippen LogP contribution in [0.25, 0.3) is 10.2 Å². The van der Waals surface area contributed by atoms with Gasteiger partial charge in [0.05, 0.1) is 10.2 Å². The van der Waals surface area contributed by atoms with Crippen molar-refractivity contribution in [2.75, 3.05) is 12.4 Å². The highest BCUT2D eigenvalue weighted by Gasteiger charge is 2.06. The van der Waals surface area contributed by atoms with E-state index in [9.17, 15) is 0 Å². The number of benzene rings is 2. The molecule has 1 heterocycles. The third-order valence-corrected chi connectivity index (χ3v) is 4.56. The molecule has 3 aromatic rings. The van der Waals surface area contributed by atoms with Crippen molar-refractivity contribution in [3.05, 3.63) is 53.0 Å². The van der Waals surface area contributed by atoms with Crippen LogP contribution in [0, 0.1) is 18.4 Å². The van der Waals surface area contributed by atoms with E-state index in [-0.39, 0.29) is 0 Å². The molecule has 0 radical (unpaired) electrons. The molecule has 0 saturated carbocycles. The second-order valence-corrected chi connectivity index (χ2v) is 6.39. The molecule has 25 heavy (non-hydrogen) atoms. The molecule has 0 saturated heterocycles. The fourth-order valence-corrected chi connectivity index (χ4v) is 3.20. The minimum Gasteiger partial charge on any atom is -0.486 e. The number of ether oxygens (including phenoxy) is 1. The van der Waals surface area contributed by atoms with Gasteiger partial charge in [-0.1, -0.05) is 12.1 Å². The number of nitrogens with one attached hydrogen (secondary N) is 2. The molecule has 0 bridgehead atoms. The number of aliphatic imine (C=N–C) groups is 1. The number of thiazole rings is 1. The van der Waals surface area contributed by atoms with Crippen LogP contribution in [0.15, 0.2) is 47.5 Å². The molecule has 0 aliphatic carbocycles. The number of hydrogen-bond donors (Lipinski definition) is 2. The average molecular weight is 351 g/mol. The number of rotatable bonds is 4. The third-order valence-electron chi connectivity index (χ3n) is 3.55. The number of para-hydroxylation sites is 1. The maximum Gasteiger partial charge on any atom is 0.208 e. The van der Waals surface area contributed by atoms with Gasteiger partial charge in [0, 0.05) is 12.7 Å². The van der Waals surface area contributed by atoms with Crippen LogP contribution < -0.4 is 15.4 Å². The van der Waals surface area contributed by atoms with Gasteiger partial charge in [0.25, 0.3) is 0 Å². The van der Waals surface area contributed by atoms with Crippen molar-refractivity contribution in [3.8, 4) is 11.9 Å². The van der Waals surface area contributed by atoms with Gasteiger partial charge in [-0.3, -0.25) is 10.3 Å². The number of fused-ring (bicyclic) bond motifs is 1. The van der Waals surface area contributed by atoms with Crippen LogP contribution in [0.3, 0.4) is 0 Å². The second-order valence-electron chi connectivity index (χ2n) is 5.27. The molecule has 0 aliphatic heterocycles. The molecule has 0 amide bonds. The Morgan fingerprint density at radius 1 is 1.32 bits per heavy atom. The summed E-state index contributed by atoms with van der Waals surface area (Å²) in [5.41, 5.74) is 2.84. The van der Waals surface area contributed by atoms with Gasteiger partial charge < -0.3 is 10.1 Å². The lowest BCUT2D eigenvalue weighted by molar-refractivity contribution is 0.305. The number of anilines is 1. The van der Waals surface area contributed by atoms with Crippen LogP contribution in [-0.2, 0) is 6.61 Å². The molecule has 0 aliphatic rings. The van der Waals surface area contributed by atoms with Gasteiger partial charge in [0.2, 0.25) is 5.96 Å². The summed E-state index contributed by atoms with van der Waals surface area (Å²) in [6.45, 7) is 2.40. The number of hydrogen-bond acceptors (Lipinski definition) is 5. The minimum atomic E-state index is 0.397. The zero-order valence-electron chi connectivity index (χ0n) is 13.9. The molecule has 2 N–H and O–H groups in total. The predicted molar refractivity (Wildman–Crippen MR) is 101 cm³/mol. The highest BCUT2D eigenvalue weighted by molar-refractivity contribution is 7.18. The van der Waals surface area contributed by atoms with E-state index in [1.165, 1.54) is 0 Å². The van der Waals surface area contributed by atoms with Gasteiger partial charge in [0.1, 0.15) is 17.4 Å². The number of nitrogens with zero attached hydrogens (tertiary/aromatic N) is 3. The van der Waals surface area contributed by atoms with Crippen molar-refractivity contribution in [2.45, 2.75) is 13.5 Å². The Bertz CT molecular complexity index is 924. The lowest BCUT2D eigenvalue weighted by Gasteiger charge is -2.12. The Labute approximate surface area is 149 Å². The molecule has 3 rings (SSSR count). The van der Waals surface area contributed by atoms with Gasteiger partial charge in [-0.2, -0.15) is 5.26 Å². The van der Waals surface area contributed by atoms with E-state index >= 15 is 0 Å². The van der Waals surface area contributed by atoms with E-state index in [1.807, 2.05) is 49.5 Å². The first-order valence-corrected chi connectivity index (χ1v) is 8.48. The molecule has 7 heteroatoms. The molecule has 0 atom stereocenters. The van der Waals surface area contributed by atoms with Crippen LogP contribution >= 0.6 is 11.3 Å². The Morgan fingerprint density at radius 2 is 2.16 bits per heavy atom. The van der Waals surface area contributed by atoms with E-state index in [4.69, 9.17) is 10.00 Å². The Kier molecular flexibility index (Phi) is 5.11. The zero-order valence-corrected chi connectivity index (χ0v) is 14.7. The molecule has 1 aromatic heterocycles. The molecular weight excluding hydrogens is 334 g/mol. The number of aryl methyl sites for hydroxylation is 1. The van der Waals surface area contributed by atoms with E-state index in [0.717, 1.165) is 32.2 Å².